The molecule has 0 spiro atoms. The fraction of sp³-hybridized carbons (Fsp3) is 0.481. The van der Waals surface area contributed by atoms with Crippen LogP contribution in [0.5, 0.6) is 11.5 Å². The number of benzene rings is 2. The molecule has 1 heterocycles. The number of imidazole rings is 1. The molecule has 7 heteroatoms. The molecule has 34 heavy (non-hydrogen) atoms. The fourth-order valence-corrected chi connectivity index (χ4v) is 5.13. The van der Waals surface area contributed by atoms with Gasteiger partial charge in [-0.2, -0.15) is 0 Å². The lowest BCUT2D eigenvalue weighted by molar-refractivity contribution is -0.136. The van der Waals surface area contributed by atoms with Gasteiger partial charge in [-0.1, -0.05) is 38.0 Å². The molecule has 1 aliphatic carbocycles. The molecular formula is C27H36N4O3. The van der Waals surface area contributed by atoms with Gasteiger partial charge < -0.3 is 24.7 Å². The number of aromatic nitrogens is 2. The van der Waals surface area contributed by atoms with E-state index >= 15 is 0 Å². The first-order chi connectivity index (χ1) is 16.5. The molecule has 1 amide bonds. The highest BCUT2D eigenvalue weighted by Crippen LogP contribution is 2.32. The van der Waals surface area contributed by atoms with E-state index in [9.17, 15) is 4.79 Å². The summed E-state index contributed by atoms with van der Waals surface area (Å²) >= 11 is 0. The second-order valence-electron chi connectivity index (χ2n) is 9.14. The Balaban J connectivity index is 1.49. The second-order valence-corrected chi connectivity index (χ2v) is 9.14. The van der Waals surface area contributed by atoms with Gasteiger partial charge in [0.1, 0.15) is 11.5 Å². The van der Waals surface area contributed by atoms with E-state index in [1.807, 2.05) is 60.5 Å². The molecule has 2 aromatic carbocycles. The van der Waals surface area contributed by atoms with Gasteiger partial charge in [0.05, 0.1) is 23.2 Å². The minimum Gasteiger partial charge on any atom is -0.457 e. The van der Waals surface area contributed by atoms with Crippen molar-refractivity contribution in [1.29, 1.82) is 0 Å². The summed E-state index contributed by atoms with van der Waals surface area (Å²) in [5.41, 5.74) is 8.10. The van der Waals surface area contributed by atoms with Crippen LogP contribution in [-0.4, -0.2) is 46.7 Å². The highest BCUT2D eigenvalue weighted by molar-refractivity contribution is 5.80. The number of nitrogens with two attached hydrogens (primary N) is 1. The van der Waals surface area contributed by atoms with Crippen LogP contribution in [0.15, 0.2) is 48.5 Å². The molecule has 1 aliphatic rings. The molecule has 3 aromatic rings. The number of methoxy groups -OCH3 is 1. The number of rotatable bonds is 9. The number of carbonyl (C=O) groups is 1. The summed E-state index contributed by atoms with van der Waals surface area (Å²) in [6.07, 6.45) is 6.46. The molecule has 3 unspecified atom stereocenters. The molecular weight excluding hydrogens is 428 g/mol. The summed E-state index contributed by atoms with van der Waals surface area (Å²) in [6, 6.07) is 15.7. The van der Waals surface area contributed by atoms with Crippen LogP contribution in [0.1, 0.15) is 57.9 Å². The van der Waals surface area contributed by atoms with E-state index in [0.29, 0.717) is 18.8 Å². The van der Waals surface area contributed by atoms with Gasteiger partial charge in [0.15, 0.2) is 0 Å². The molecule has 4 rings (SSSR count). The first kappa shape index (κ1) is 24.1. The predicted molar refractivity (Wildman–Crippen MR) is 135 cm³/mol. The predicted octanol–water partition coefficient (Wildman–Crippen LogP) is 5.56. The van der Waals surface area contributed by atoms with Gasteiger partial charge in [0.25, 0.3) is 0 Å². The van der Waals surface area contributed by atoms with Gasteiger partial charge in [0, 0.05) is 32.7 Å². The Labute approximate surface area is 201 Å². The maximum atomic E-state index is 13.1. The van der Waals surface area contributed by atoms with Gasteiger partial charge in [-0.25, -0.2) is 4.98 Å². The Morgan fingerprint density at radius 2 is 1.94 bits per heavy atom. The van der Waals surface area contributed by atoms with Crippen LogP contribution < -0.4 is 10.5 Å². The van der Waals surface area contributed by atoms with Crippen LogP contribution in [-0.2, 0) is 9.53 Å². The van der Waals surface area contributed by atoms with Crippen molar-refractivity contribution in [2.45, 2.75) is 70.1 Å². The average Bonchev–Trinajstić information content (AvgIpc) is 3.19. The van der Waals surface area contributed by atoms with Crippen LogP contribution >= 0.6 is 0 Å². The first-order valence-electron chi connectivity index (χ1n) is 12.3. The Morgan fingerprint density at radius 1 is 1.18 bits per heavy atom. The Bertz CT molecular complexity index is 1100. The van der Waals surface area contributed by atoms with Crippen molar-refractivity contribution >= 4 is 22.9 Å². The van der Waals surface area contributed by atoms with E-state index in [-0.39, 0.29) is 24.1 Å². The minimum absolute atomic E-state index is 0.0684. The molecule has 3 atom stereocenters. The van der Waals surface area contributed by atoms with Crippen molar-refractivity contribution in [3.63, 3.8) is 0 Å². The maximum Gasteiger partial charge on any atom is 0.222 e. The third-order valence-corrected chi connectivity index (χ3v) is 7.06. The monoisotopic (exact) mass is 464 g/mol. The molecule has 0 aliphatic heterocycles. The number of para-hydroxylation sites is 1. The zero-order valence-electron chi connectivity index (χ0n) is 20.4. The third kappa shape index (κ3) is 5.20. The van der Waals surface area contributed by atoms with E-state index < -0.39 is 0 Å². The molecule has 2 N–H and O–H groups in total. The van der Waals surface area contributed by atoms with Crippen LogP contribution in [0.4, 0.5) is 5.95 Å². The number of carbonyl (C=O) groups excluding carboxylic acids is 1. The largest absolute Gasteiger partial charge is 0.457 e. The van der Waals surface area contributed by atoms with Gasteiger partial charge in [-0.15, -0.1) is 0 Å². The van der Waals surface area contributed by atoms with Gasteiger partial charge in [-0.05, 0) is 49.9 Å². The molecule has 182 valence electrons. The molecule has 0 saturated heterocycles. The molecule has 1 fully saturated rings. The van der Waals surface area contributed by atoms with Gasteiger partial charge in [0.2, 0.25) is 11.9 Å². The highest BCUT2D eigenvalue weighted by Gasteiger charge is 2.31. The zero-order chi connectivity index (χ0) is 24.1. The number of ether oxygens (including phenoxy) is 2. The van der Waals surface area contributed by atoms with Crippen molar-refractivity contribution in [2.75, 3.05) is 19.9 Å². The van der Waals surface area contributed by atoms with Gasteiger partial charge >= 0.3 is 0 Å². The second kappa shape index (κ2) is 10.9. The van der Waals surface area contributed by atoms with Crippen LogP contribution in [0, 0.1) is 0 Å². The van der Waals surface area contributed by atoms with Crippen molar-refractivity contribution in [3.05, 3.63) is 48.5 Å². The first-order valence-corrected chi connectivity index (χ1v) is 12.3. The summed E-state index contributed by atoms with van der Waals surface area (Å²) in [7, 11) is 3.66. The standard InChI is InChI=1S/C27H36N4O3/c1-4-19(14-17-26(32)30(2)23-12-8-9-13-25(23)33-3)31-24-18-21(15-16-22(24)29-27(31)28)34-20-10-6-5-7-11-20/h5-7,10-11,15-16,18-19,23,25H,4,8-9,12-14,17H2,1-3H3,(H2,28,29). The lowest BCUT2D eigenvalue weighted by atomic mass is 9.91. The third-order valence-electron chi connectivity index (χ3n) is 7.06. The summed E-state index contributed by atoms with van der Waals surface area (Å²) in [5.74, 6) is 2.13. The topological polar surface area (TPSA) is 82.6 Å². The number of amides is 1. The SMILES string of the molecule is CCC(CCC(=O)N(C)C1CCCCC1OC)n1c(N)nc2ccc(Oc3ccccc3)cc21. The molecule has 1 saturated carbocycles. The molecule has 0 radical (unpaired) electrons. The summed E-state index contributed by atoms with van der Waals surface area (Å²) in [6.45, 7) is 2.12. The minimum atomic E-state index is 0.0684. The van der Waals surface area contributed by atoms with Crippen molar-refractivity contribution < 1.29 is 14.3 Å². The number of nitrogens with zero attached hydrogens (tertiary/aromatic N) is 3. The number of fused-ring (bicyclic) bond motifs is 1. The number of likely N-dealkylation sites (N-methyl/N-ethyl adjacent to an activating group) is 1. The number of hydrogen-bond acceptors (Lipinski definition) is 5. The van der Waals surface area contributed by atoms with Crippen LogP contribution in [0.3, 0.4) is 0 Å². The van der Waals surface area contributed by atoms with Crippen molar-refractivity contribution in [3.8, 4) is 11.5 Å². The lowest BCUT2D eigenvalue weighted by Crippen LogP contribution is -2.47. The van der Waals surface area contributed by atoms with Crippen LogP contribution in [0.2, 0.25) is 0 Å². The Kier molecular flexibility index (Phi) is 7.73. The van der Waals surface area contributed by atoms with E-state index in [1.165, 1.54) is 0 Å². The van der Waals surface area contributed by atoms with E-state index in [2.05, 4.69) is 16.5 Å². The Hall–Kier alpha value is -3.06. The molecule has 0 bridgehead atoms. The lowest BCUT2D eigenvalue weighted by Gasteiger charge is -2.37. The van der Waals surface area contributed by atoms with E-state index in [4.69, 9.17) is 15.2 Å². The number of hydrogen-bond donors (Lipinski definition) is 1. The fourth-order valence-electron chi connectivity index (χ4n) is 5.13. The quantitative estimate of drug-likeness (QED) is 0.448. The number of anilines is 1. The van der Waals surface area contributed by atoms with Gasteiger partial charge in [-0.3, -0.25) is 4.79 Å². The molecule has 1 aromatic heterocycles. The molecule has 7 nitrogen and oxygen atoms in total. The normalized spacial score (nSPS) is 19.1. The van der Waals surface area contributed by atoms with E-state index in [0.717, 1.165) is 54.6 Å². The summed E-state index contributed by atoms with van der Waals surface area (Å²) in [5, 5.41) is 0. The summed E-state index contributed by atoms with van der Waals surface area (Å²) in [4.78, 5) is 19.6. The number of nitrogen functional groups attached to an aromatic ring is 1. The Morgan fingerprint density at radius 3 is 2.68 bits per heavy atom. The van der Waals surface area contributed by atoms with Crippen molar-refractivity contribution in [2.24, 2.45) is 0 Å². The average molecular weight is 465 g/mol. The van der Waals surface area contributed by atoms with Crippen LogP contribution in [0.25, 0.3) is 11.0 Å². The summed E-state index contributed by atoms with van der Waals surface area (Å²) < 4.78 is 13.7. The smallest absolute Gasteiger partial charge is 0.222 e. The van der Waals surface area contributed by atoms with Crippen molar-refractivity contribution in [1.82, 2.24) is 14.5 Å². The zero-order valence-corrected chi connectivity index (χ0v) is 20.4. The van der Waals surface area contributed by atoms with E-state index in [1.54, 1.807) is 7.11 Å². The highest BCUT2D eigenvalue weighted by atomic mass is 16.5. The maximum absolute atomic E-state index is 13.1.